The van der Waals surface area contributed by atoms with Gasteiger partial charge in [-0.05, 0) is 43.9 Å². The van der Waals surface area contributed by atoms with Gasteiger partial charge in [-0.2, -0.15) is 0 Å². The highest BCUT2D eigenvalue weighted by molar-refractivity contribution is 5.62. The molecule has 1 aromatic rings. The largest absolute Gasteiger partial charge is 0.483 e. The predicted molar refractivity (Wildman–Crippen MR) is 85.6 cm³/mol. The van der Waals surface area contributed by atoms with E-state index < -0.39 is 0 Å². The fourth-order valence-electron chi connectivity index (χ4n) is 2.86. The van der Waals surface area contributed by atoms with Crippen molar-refractivity contribution in [2.75, 3.05) is 18.0 Å². The monoisotopic (exact) mass is 276 g/mol. The normalized spacial score (nSPS) is 18.4. The number of aryl methyl sites for hydroxylation is 1. The lowest BCUT2D eigenvalue weighted by atomic mass is 9.93. The zero-order valence-electron chi connectivity index (χ0n) is 13.3. The third-order valence-corrected chi connectivity index (χ3v) is 4.53. The summed E-state index contributed by atoms with van der Waals surface area (Å²) in [6.07, 6.45) is 3.05. The topological polar surface area (TPSA) is 38.5 Å². The Balaban J connectivity index is 2.36. The molecule has 3 nitrogen and oxygen atoms in total. The van der Waals surface area contributed by atoms with Crippen LogP contribution in [0.2, 0.25) is 0 Å². The fourth-order valence-corrected chi connectivity index (χ4v) is 2.86. The van der Waals surface area contributed by atoms with Crippen molar-refractivity contribution in [2.24, 2.45) is 5.73 Å². The summed E-state index contributed by atoms with van der Waals surface area (Å²) in [5.41, 5.74) is 8.54. The Bertz CT molecular complexity index is 454. The van der Waals surface area contributed by atoms with Crippen LogP contribution in [0.3, 0.4) is 0 Å². The highest BCUT2D eigenvalue weighted by Gasteiger charge is 2.37. The number of fused-ring (bicyclic) bond motifs is 1. The molecule has 0 saturated heterocycles. The van der Waals surface area contributed by atoms with Gasteiger partial charge in [-0.25, -0.2) is 0 Å². The van der Waals surface area contributed by atoms with Crippen molar-refractivity contribution < 1.29 is 4.74 Å². The summed E-state index contributed by atoms with van der Waals surface area (Å²) in [7, 11) is 0. The minimum Gasteiger partial charge on any atom is -0.483 e. The Hall–Kier alpha value is -1.22. The number of hydrogen-bond donors (Lipinski definition) is 1. The first kappa shape index (κ1) is 15.2. The van der Waals surface area contributed by atoms with Crippen LogP contribution in [0.15, 0.2) is 18.2 Å². The van der Waals surface area contributed by atoms with Crippen LogP contribution in [-0.2, 0) is 0 Å². The molecule has 0 radical (unpaired) electrons. The molecule has 2 N–H and O–H groups in total. The molecule has 1 unspecified atom stereocenters. The van der Waals surface area contributed by atoms with Crippen LogP contribution < -0.4 is 15.4 Å². The Labute approximate surface area is 123 Å². The molecule has 1 aromatic carbocycles. The third-order valence-electron chi connectivity index (χ3n) is 4.53. The molecule has 0 fully saturated rings. The molecule has 20 heavy (non-hydrogen) atoms. The Morgan fingerprint density at radius 3 is 2.60 bits per heavy atom. The van der Waals surface area contributed by atoms with Crippen molar-refractivity contribution in [1.29, 1.82) is 0 Å². The molecule has 0 saturated carbocycles. The summed E-state index contributed by atoms with van der Waals surface area (Å²) >= 11 is 0. The Morgan fingerprint density at radius 1 is 1.30 bits per heavy atom. The van der Waals surface area contributed by atoms with E-state index in [0.717, 1.165) is 38.1 Å². The van der Waals surface area contributed by atoms with Crippen molar-refractivity contribution in [1.82, 2.24) is 0 Å². The van der Waals surface area contributed by atoms with Gasteiger partial charge in [-0.15, -0.1) is 0 Å². The van der Waals surface area contributed by atoms with Crippen LogP contribution >= 0.6 is 0 Å². The fraction of sp³-hybridized carbons (Fsp3) is 0.647. The van der Waals surface area contributed by atoms with Crippen molar-refractivity contribution in [2.45, 2.75) is 58.6 Å². The summed E-state index contributed by atoms with van der Waals surface area (Å²) in [4.78, 5) is 2.42. The number of rotatable bonds is 5. The quantitative estimate of drug-likeness (QED) is 0.894. The smallest absolute Gasteiger partial charge is 0.143 e. The van der Waals surface area contributed by atoms with Crippen LogP contribution in [0.5, 0.6) is 5.75 Å². The molecule has 1 aliphatic rings. The lowest BCUT2D eigenvalue weighted by Crippen LogP contribution is -2.53. The van der Waals surface area contributed by atoms with Crippen molar-refractivity contribution >= 4 is 5.69 Å². The van der Waals surface area contributed by atoms with E-state index in [0.29, 0.717) is 0 Å². The molecule has 0 amide bonds. The molecule has 112 valence electrons. The van der Waals surface area contributed by atoms with Gasteiger partial charge in [0.25, 0.3) is 0 Å². The van der Waals surface area contributed by atoms with Crippen LogP contribution in [0, 0.1) is 6.92 Å². The van der Waals surface area contributed by atoms with Gasteiger partial charge < -0.3 is 15.4 Å². The van der Waals surface area contributed by atoms with E-state index in [9.17, 15) is 0 Å². The van der Waals surface area contributed by atoms with Crippen molar-refractivity contribution in [3.05, 3.63) is 23.8 Å². The van der Waals surface area contributed by atoms with Crippen LogP contribution in [0.25, 0.3) is 0 Å². The first-order valence-corrected chi connectivity index (χ1v) is 7.83. The van der Waals surface area contributed by atoms with Gasteiger partial charge in [0.05, 0.1) is 12.2 Å². The average molecular weight is 276 g/mol. The van der Waals surface area contributed by atoms with Crippen LogP contribution in [-0.4, -0.2) is 24.7 Å². The molecule has 0 aromatic heterocycles. The Morgan fingerprint density at radius 2 is 2.00 bits per heavy atom. The second kappa shape index (κ2) is 6.04. The number of ether oxygens (including phenoxy) is 1. The van der Waals surface area contributed by atoms with E-state index in [1.165, 1.54) is 11.3 Å². The second-order valence-electron chi connectivity index (χ2n) is 6.01. The summed E-state index contributed by atoms with van der Waals surface area (Å²) in [6, 6.07) is 6.69. The first-order valence-electron chi connectivity index (χ1n) is 7.83. The van der Waals surface area contributed by atoms with Crippen molar-refractivity contribution in [3.63, 3.8) is 0 Å². The minimum atomic E-state index is -0.0751. The highest BCUT2D eigenvalue weighted by Crippen LogP contribution is 2.40. The SMILES string of the molecule is CCC(N)CN1CC(CC)(CC)Oc2cc(C)ccc21. The van der Waals surface area contributed by atoms with Gasteiger partial charge in [-0.3, -0.25) is 0 Å². The second-order valence-corrected chi connectivity index (χ2v) is 6.01. The third kappa shape index (κ3) is 2.93. The molecule has 1 aliphatic heterocycles. The number of hydrogen-bond acceptors (Lipinski definition) is 3. The van der Waals surface area contributed by atoms with Gasteiger partial charge in [0.15, 0.2) is 0 Å². The molecular formula is C17H28N2O. The molecule has 3 heteroatoms. The number of benzene rings is 1. The standard InChI is InChI=1S/C17H28N2O/c1-5-14(18)11-19-12-17(6-2,7-3)20-16-10-13(4)8-9-15(16)19/h8-10,14H,5-7,11-12,18H2,1-4H3. The maximum absolute atomic E-state index is 6.36. The lowest BCUT2D eigenvalue weighted by molar-refractivity contribution is 0.0570. The summed E-state index contributed by atoms with van der Waals surface area (Å²) < 4.78 is 6.36. The van der Waals surface area contributed by atoms with Gasteiger partial charge in [0, 0.05) is 12.6 Å². The first-order chi connectivity index (χ1) is 9.53. The zero-order valence-corrected chi connectivity index (χ0v) is 13.3. The van der Waals surface area contributed by atoms with E-state index >= 15 is 0 Å². The number of nitrogens with two attached hydrogens (primary N) is 1. The van der Waals surface area contributed by atoms with Gasteiger partial charge in [0.1, 0.15) is 11.4 Å². The summed E-state index contributed by atoms with van der Waals surface area (Å²) in [5, 5.41) is 0. The van der Waals surface area contributed by atoms with E-state index in [1.54, 1.807) is 0 Å². The number of anilines is 1. The molecule has 0 spiro atoms. The maximum atomic E-state index is 6.36. The Kier molecular flexibility index (Phi) is 4.59. The minimum absolute atomic E-state index is 0.0751. The average Bonchev–Trinajstić information content (AvgIpc) is 2.46. The van der Waals surface area contributed by atoms with Gasteiger partial charge in [0.2, 0.25) is 0 Å². The lowest BCUT2D eigenvalue weighted by Gasteiger charge is -2.45. The van der Waals surface area contributed by atoms with E-state index in [2.05, 4.69) is 50.8 Å². The van der Waals surface area contributed by atoms with E-state index in [-0.39, 0.29) is 11.6 Å². The maximum Gasteiger partial charge on any atom is 0.143 e. The molecular weight excluding hydrogens is 248 g/mol. The van der Waals surface area contributed by atoms with Crippen LogP contribution in [0.4, 0.5) is 5.69 Å². The molecule has 1 atom stereocenters. The van der Waals surface area contributed by atoms with E-state index in [1.807, 2.05) is 0 Å². The molecule has 0 bridgehead atoms. The highest BCUT2D eigenvalue weighted by atomic mass is 16.5. The molecule has 0 aliphatic carbocycles. The zero-order chi connectivity index (χ0) is 14.8. The molecule has 1 heterocycles. The van der Waals surface area contributed by atoms with Crippen LogP contribution in [0.1, 0.15) is 45.6 Å². The number of nitrogens with zero attached hydrogens (tertiary/aromatic N) is 1. The molecule has 2 rings (SSSR count). The summed E-state index contributed by atoms with van der Waals surface area (Å²) in [5.74, 6) is 1.02. The van der Waals surface area contributed by atoms with Gasteiger partial charge >= 0.3 is 0 Å². The summed E-state index contributed by atoms with van der Waals surface area (Å²) in [6.45, 7) is 10.5. The van der Waals surface area contributed by atoms with Crippen molar-refractivity contribution in [3.8, 4) is 5.75 Å². The predicted octanol–water partition coefficient (Wildman–Crippen LogP) is 3.49. The van der Waals surface area contributed by atoms with Gasteiger partial charge in [-0.1, -0.05) is 26.8 Å². The van der Waals surface area contributed by atoms with E-state index in [4.69, 9.17) is 10.5 Å².